The molecule has 6 heteroatoms. The summed E-state index contributed by atoms with van der Waals surface area (Å²) in [5.74, 6) is -0.0261. The Kier molecular flexibility index (Phi) is 6.59. The zero-order valence-electron chi connectivity index (χ0n) is 19.4. The van der Waals surface area contributed by atoms with Crippen LogP contribution in [-0.4, -0.2) is 15.6 Å². The Morgan fingerprint density at radius 2 is 1.59 bits per heavy atom. The molecule has 0 radical (unpaired) electrons. The standard InChI is InChI=1S/C28H26F2N2O2/c1-28(2,3)27-17-22(32(31-27)21-12-10-20(29)11-13-21)16-23(33)15-19-9-14-25(18-26(19)30)34-24-7-5-4-6-8-24/h4-14,17-18H,15-16H2,1-3H3. The second-order valence-electron chi connectivity index (χ2n) is 9.22. The van der Waals surface area contributed by atoms with Crippen LogP contribution in [0, 0.1) is 11.6 Å². The Labute approximate surface area is 197 Å². The average molecular weight is 461 g/mol. The summed E-state index contributed by atoms with van der Waals surface area (Å²) in [6, 6.07) is 21.4. The van der Waals surface area contributed by atoms with E-state index < -0.39 is 5.82 Å². The Hall–Kier alpha value is -3.80. The number of carbonyl (C=O) groups is 1. The van der Waals surface area contributed by atoms with E-state index in [9.17, 15) is 13.6 Å². The van der Waals surface area contributed by atoms with Crippen molar-refractivity contribution in [2.24, 2.45) is 0 Å². The summed E-state index contributed by atoms with van der Waals surface area (Å²) >= 11 is 0. The van der Waals surface area contributed by atoms with Crippen molar-refractivity contribution in [3.8, 4) is 17.2 Å². The van der Waals surface area contributed by atoms with Crippen molar-refractivity contribution in [2.45, 2.75) is 39.0 Å². The largest absolute Gasteiger partial charge is 0.457 e. The summed E-state index contributed by atoms with van der Waals surface area (Å²) in [5, 5.41) is 4.66. The molecule has 0 unspecified atom stereocenters. The van der Waals surface area contributed by atoms with E-state index in [2.05, 4.69) is 5.10 Å². The van der Waals surface area contributed by atoms with E-state index in [1.807, 2.05) is 45.0 Å². The number of hydrogen-bond acceptors (Lipinski definition) is 3. The lowest BCUT2D eigenvalue weighted by Crippen LogP contribution is -2.13. The summed E-state index contributed by atoms with van der Waals surface area (Å²) in [5.41, 5.74) is 2.21. The number of carbonyl (C=O) groups excluding carboxylic acids is 1. The maximum atomic E-state index is 14.7. The highest BCUT2D eigenvalue weighted by atomic mass is 19.1. The van der Waals surface area contributed by atoms with Gasteiger partial charge in [-0.2, -0.15) is 5.10 Å². The van der Waals surface area contributed by atoms with Crippen LogP contribution in [0.15, 0.2) is 78.9 Å². The molecule has 0 spiro atoms. The first-order valence-corrected chi connectivity index (χ1v) is 11.1. The van der Waals surface area contributed by atoms with Gasteiger partial charge in [0.25, 0.3) is 0 Å². The second-order valence-corrected chi connectivity index (χ2v) is 9.22. The van der Waals surface area contributed by atoms with Crippen LogP contribution in [0.2, 0.25) is 0 Å². The highest BCUT2D eigenvalue weighted by Crippen LogP contribution is 2.26. The number of nitrogens with zero attached hydrogens (tertiary/aromatic N) is 2. The van der Waals surface area contributed by atoms with E-state index in [0.717, 1.165) is 5.69 Å². The molecule has 4 rings (SSSR count). The molecule has 174 valence electrons. The fraction of sp³-hybridized carbons (Fsp3) is 0.214. The molecule has 0 saturated heterocycles. The first-order chi connectivity index (χ1) is 16.2. The Morgan fingerprint density at radius 3 is 2.24 bits per heavy atom. The van der Waals surface area contributed by atoms with Crippen molar-refractivity contribution >= 4 is 5.78 Å². The number of rotatable bonds is 7. The third kappa shape index (κ3) is 5.57. The molecule has 0 saturated carbocycles. The minimum absolute atomic E-state index is 0.0586. The SMILES string of the molecule is CC(C)(C)c1cc(CC(=O)Cc2ccc(Oc3ccccc3)cc2F)n(-c2ccc(F)cc2)n1. The number of hydrogen-bond donors (Lipinski definition) is 0. The topological polar surface area (TPSA) is 44.1 Å². The second kappa shape index (κ2) is 9.59. The van der Waals surface area contributed by atoms with Crippen LogP contribution in [-0.2, 0) is 23.1 Å². The van der Waals surface area contributed by atoms with Gasteiger partial charge >= 0.3 is 0 Å². The van der Waals surface area contributed by atoms with Gasteiger partial charge in [-0.25, -0.2) is 13.5 Å². The van der Waals surface area contributed by atoms with Gasteiger partial charge in [-0.1, -0.05) is 45.0 Å². The molecule has 0 fully saturated rings. The van der Waals surface area contributed by atoms with E-state index in [1.54, 1.807) is 41.1 Å². The zero-order chi connectivity index (χ0) is 24.3. The summed E-state index contributed by atoms with van der Waals surface area (Å²) in [4.78, 5) is 12.9. The minimum atomic E-state index is -0.496. The van der Waals surface area contributed by atoms with E-state index >= 15 is 0 Å². The van der Waals surface area contributed by atoms with Gasteiger partial charge in [0.2, 0.25) is 0 Å². The van der Waals surface area contributed by atoms with Crippen molar-refractivity contribution in [2.75, 3.05) is 0 Å². The Morgan fingerprint density at radius 1 is 0.882 bits per heavy atom. The lowest BCUT2D eigenvalue weighted by atomic mass is 9.92. The fourth-order valence-electron chi connectivity index (χ4n) is 3.55. The molecule has 0 aliphatic heterocycles. The minimum Gasteiger partial charge on any atom is -0.457 e. The number of aromatic nitrogens is 2. The monoisotopic (exact) mass is 460 g/mol. The van der Waals surface area contributed by atoms with Gasteiger partial charge in [-0.05, 0) is 54.1 Å². The maximum absolute atomic E-state index is 14.7. The third-order valence-electron chi connectivity index (χ3n) is 5.39. The Balaban J connectivity index is 1.52. The molecule has 1 heterocycles. The molecule has 34 heavy (non-hydrogen) atoms. The van der Waals surface area contributed by atoms with Crippen LogP contribution in [0.3, 0.4) is 0 Å². The molecular weight excluding hydrogens is 434 g/mol. The lowest BCUT2D eigenvalue weighted by molar-refractivity contribution is -0.117. The van der Waals surface area contributed by atoms with E-state index in [1.165, 1.54) is 18.2 Å². The fourth-order valence-corrected chi connectivity index (χ4v) is 3.55. The molecule has 0 aliphatic carbocycles. The smallest absolute Gasteiger partial charge is 0.143 e. The van der Waals surface area contributed by atoms with Gasteiger partial charge in [-0.3, -0.25) is 4.79 Å². The number of para-hydroxylation sites is 1. The molecule has 3 aromatic carbocycles. The maximum Gasteiger partial charge on any atom is 0.143 e. The number of Topliss-reactive ketones (excluding diaryl/α,β-unsaturated/α-hetero) is 1. The van der Waals surface area contributed by atoms with Crippen molar-refractivity contribution < 1.29 is 18.3 Å². The predicted molar refractivity (Wildman–Crippen MR) is 128 cm³/mol. The van der Waals surface area contributed by atoms with Crippen LogP contribution in [0.4, 0.5) is 8.78 Å². The molecule has 0 bridgehead atoms. The van der Waals surface area contributed by atoms with Crippen molar-refractivity contribution in [3.05, 3.63) is 107 Å². The summed E-state index contributed by atoms with van der Waals surface area (Å²) in [6.07, 6.45) is 0.0130. The molecule has 0 amide bonds. The number of halogens is 2. The lowest BCUT2D eigenvalue weighted by Gasteiger charge is -2.14. The average Bonchev–Trinajstić information content (AvgIpc) is 3.21. The molecule has 4 aromatic rings. The van der Waals surface area contributed by atoms with Crippen LogP contribution in [0.1, 0.15) is 37.7 Å². The summed E-state index contributed by atoms with van der Waals surface area (Å²) < 4.78 is 35.4. The van der Waals surface area contributed by atoms with Gasteiger partial charge < -0.3 is 4.74 Å². The van der Waals surface area contributed by atoms with E-state index in [4.69, 9.17) is 4.74 Å². The number of ether oxygens (including phenoxy) is 1. The van der Waals surface area contributed by atoms with Gasteiger partial charge in [0, 0.05) is 24.3 Å². The number of ketones is 1. The van der Waals surface area contributed by atoms with Crippen LogP contribution in [0.5, 0.6) is 11.5 Å². The molecule has 4 nitrogen and oxygen atoms in total. The van der Waals surface area contributed by atoms with Crippen LogP contribution >= 0.6 is 0 Å². The highest BCUT2D eigenvalue weighted by Gasteiger charge is 2.22. The van der Waals surface area contributed by atoms with Crippen LogP contribution < -0.4 is 4.74 Å². The van der Waals surface area contributed by atoms with Crippen LogP contribution in [0.25, 0.3) is 5.69 Å². The third-order valence-corrected chi connectivity index (χ3v) is 5.39. The van der Waals surface area contributed by atoms with Crippen molar-refractivity contribution in [1.82, 2.24) is 9.78 Å². The van der Waals surface area contributed by atoms with E-state index in [0.29, 0.717) is 28.4 Å². The van der Waals surface area contributed by atoms with Gasteiger partial charge in [0.1, 0.15) is 28.9 Å². The van der Waals surface area contributed by atoms with Gasteiger partial charge in [-0.15, -0.1) is 0 Å². The van der Waals surface area contributed by atoms with E-state index in [-0.39, 0.29) is 29.9 Å². The van der Waals surface area contributed by atoms with Crippen molar-refractivity contribution in [1.29, 1.82) is 0 Å². The zero-order valence-corrected chi connectivity index (χ0v) is 19.4. The quantitative estimate of drug-likeness (QED) is 0.312. The number of benzene rings is 3. The molecule has 0 N–H and O–H groups in total. The Bertz CT molecular complexity index is 1290. The predicted octanol–water partition coefficient (Wildman–Crippen LogP) is 6.59. The molecular formula is C28H26F2N2O2. The molecule has 0 atom stereocenters. The highest BCUT2D eigenvalue weighted by molar-refractivity contribution is 5.83. The van der Waals surface area contributed by atoms with Gasteiger partial charge in [0.15, 0.2) is 0 Å². The molecule has 0 aliphatic rings. The van der Waals surface area contributed by atoms with Crippen molar-refractivity contribution in [3.63, 3.8) is 0 Å². The van der Waals surface area contributed by atoms with Gasteiger partial charge in [0.05, 0.1) is 17.1 Å². The normalized spacial score (nSPS) is 11.4. The summed E-state index contributed by atoms with van der Waals surface area (Å²) in [7, 11) is 0. The first kappa shape index (κ1) is 23.4. The summed E-state index contributed by atoms with van der Waals surface area (Å²) in [6.45, 7) is 6.10. The first-order valence-electron chi connectivity index (χ1n) is 11.1. The molecule has 1 aromatic heterocycles.